The highest BCUT2D eigenvalue weighted by atomic mass is 32.2. The molecule has 0 fully saturated rings. The zero-order valence-corrected chi connectivity index (χ0v) is 16.2. The Labute approximate surface area is 173 Å². The number of aromatic nitrogens is 3. The van der Waals surface area contributed by atoms with Gasteiger partial charge in [0, 0.05) is 17.6 Å². The lowest BCUT2D eigenvalue weighted by Crippen LogP contribution is -2.07. The van der Waals surface area contributed by atoms with Gasteiger partial charge in [-0.2, -0.15) is 18.2 Å². The van der Waals surface area contributed by atoms with E-state index in [0.29, 0.717) is 5.82 Å². The van der Waals surface area contributed by atoms with Crippen LogP contribution < -0.4 is 10.6 Å². The summed E-state index contributed by atoms with van der Waals surface area (Å²) in [5.41, 5.74) is 1.46. The summed E-state index contributed by atoms with van der Waals surface area (Å²) in [6, 6.07) is 8.10. The predicted molar refractivity (Wildman–Crippen MR) is 109 cm³/mol. The van der Waals surface area contributed by atoms with Crippen molar-refractivity contribution in [1.82, 2.24) is 15.0 Å². The Morgan fingerprint density at radius 2 is 1.87 bits per heavy atom. The lowest BCUT2D eigenvalue weighted by atomic mass is 10.1. The molecule has 0 amide bonds. The van der Waals surface area contributed by atoms with Gasteiger partial charge in [-0.3, -0.25) is 0 Å². The Morgan fingerprint density at radius 3 is 2.57 bits per heavy atom. The van der Waals surface area contributed by atoms with E-state index >= 15 is 0 Å². The molecule has 2 N–H and O–H groups in total. The van der Waals surface area contributed by atoms with E-state index in [0.717, 1.165) is 36.1 Å². The van der Waals surface area contributed by atoms with Crippen molar-refractivity contribution < 1.29 is 17.6 Å². The van der Waals surface area contributed by atoms with Crippen molar-refractivity contribution in [2.45, 2.75) is 12.6 Å². The molecule has 0 saturated heterocycles. The molecule has 0 spiro atoms. The average molecular weight is 433 g/mol. The number of hydrogen-bond donors (Lipinski definition) is 2. The van der Waals surface area contributed by atoms with Gasteiger partial charge in [-0.1, -0.05) is 6.07 Å². The molecule has 0 bridgehead atoms. The average Bonchev–Trinajstić information content (AvgIpc) is 3.26. The highest BCUT2D eigenvalue weighted by Gasteiger charge is 2.30. The van der Waals surface area contributed by atoms with Gasteiger partial charge < -0.3 is 10.6 Å². The molecular weight excluding hydrogens is 418 g/mol. The highest BCUT2D eigenvalue weighted by Crippen LogP contribution is 2.32. The fraction of sp³-hybridized carbons (Fsp3) is 0.150. The van der Waals surface area contributed by atoms with Crippen LogP contribution >= 0.6 is 11.8 Å². The van der Waals surface area contributed by atoms with Gasteiger partial charge in [0.05, 0.1) is 11.8 Å². The van der Waals surface area contributed by atoms with Gasteiger partial charge >= 0.3 is 6.18 Å². The second-order valence-electron chi connectivity index (χ2n) is 6.41. The first-order chi connectivity index (χ1) is 14.4. The number of allylic oxidation sites excluding steroid dienone is 1. The number of hydrogen-bond acceptors (Lipinski definition) is 6. The van der Waals surface area contributed by atoms with Crippen molar-refractivity contribution in [1.29, 1.82) is 0 Å². The lowest BCUT2D eigenvalue weighted by molar-refractivity contribution is -0.137. The minimum absolute atomic E-state index is 0.0542. The van der Waals surface area contributed by atoms with Crippen molar-refractivity contribution in [2.75, 3.05) is 16.4 Å². The van der Waals surface area contributed by atoms with Crippen LogP contribution in [0.15, 0.2) is 54.2 Å². The molecule has 0 unspecified atom stereocenters. The smallest absolute Gasteiger partial charge is 0.338 e. The number of nitrogens with one attached hydrogen (secondary N) is 2. The quantitative estimate of drug-likeness (QED) is 0.482. The van der Waals surface area contributed by atoms with E-state index in [9.17, 15) is 17.6 Å². The third-order valence-electron chi connectivity index (χ3n) is 4.29. The Morgan fingerprint density at radius 1 is 1.00 bits per heavy atom. The maximum absolute atomic E-state index is 14.1. The Bertz CT molecular complexity index is 1080. The van der Waals surface area contributed by atoms with Crippen LogP contribution in [-0.4, -0.2) is 20.7 Å². The molecule has 0 aliphatic carbocycles. The molecule has 5 nitrogen and oxygen atoms in total. The number of benzene rings is 1. The van der Waals surface area contributed by atoms with Crippen molar-refractivity contribution in [2.24, 2.45) is 0 Å². The molecule has 1 aromatic carbocycles. The van der Waals surface area contributed by atoms with E-state index in [1.807, 2.05) is 6.07 Å². The first-order valence-electron chi connectivity index (χ1n) is 8.89. The van der Waals surface area contributed by atoms with Crippen molar-refractivity contribution >= 4 is 40.6 Å². The van der Waals surface area contributed by atoms with E-state index in [-0.39, 0.29) is 17.5 Å². The first kappa shape index (κ1) is 20.1. The summed E-state index contributed by atoms with van der Waals surface area (Å²) in [6.45, 7) is 0. The monoisotopic (exact) mass is 433 g/mol. The van der Waals surface area contributed by atoms with E-state index in [4.69, 9.17) is 0 Å². The number of alkyl halides is 3. The van der Waals surface area contributed by atoms with Gasteiger partial charge in [0.25, 0.3) is 0 Å². The molecule has 0 saturated carbocycles. The lowest BCUT2D eigenvalue weighted by Gasteiger charge is -2.12. The number of anilines is 4. The molecule has 1 aliphatic heterocycles. The molecule has 0 radical (unpaired) electrons. The van der Waals surface area contributed by atoms with Crippen molar-refractivity contribution in [3.05, 3.63) is 71.1 Å². The molecule has 2 aromatic heterocycles. The van der Waals surface area contributed by atoms with Crippen LogP contribution in [0.3, 0.4) is 0 Å². The summed E-state index contributed by atoms with van der Waals surface area (Å²) in [5, 5.41) is 7.54. The largest absolute Gasteiger partial charge is 0.416 e. The zero-order chi connectivity index (χ0) is 21.1. The van der Waals surface area contributed by atoms with Gasteiger partial charge in [-0.15, -0.1) is 11.8 Å². The predicted octanol–water partition coefficient (Wildman–Crippen LogP) is 5.99. The van der Waals surface area contributed by atoms with Gasteiger partial charge in [0.1, 0.15) is 5.82 Å². The molecule has 0 atom stereocenters. The van der Waals surface area contributed by atoms with Crippen molar-refractivity contribution in [3.8, 4) is 0 Å². The molecule has 3 aromatic rings. The number of nitrogens with zero attached hydrogens (tertiary/aromatic N) is 3. The van der Waals surface area contributed by atoms with Crippen LogP contribution in [0.4, 0.5) is 40.8 Å². The third kappa shape index (κ3) is 4.70. The number of halogens is 4. The SMILES string of the molecule is Fc1cnc(Nc2ccc(C3=CSCC3)cn2)nc1Nc1cccc(C(F)(F)F)c1. The Hall–Kier alpha value is -3.14. The van der Waals surface area contributed by atoms with Crippen LogP contribution in [0.2, 0.25) is 0 Å². The summed E-state index contributed by atoms with van der Waals surface area (Å²) in [7, 11) is 0. The number of pyridine rings is 1. The topological polar surface area (TPSA) is 62.7 Å². The van der Waals surface area contributed by atoms with Crippen LogP contribution in [0.25, 0.3) is 5.57 Å². The van der Waals surface area contributed by atoms with Crippen LogP contribution in [0, 0.1) is 5.82 Å². The van der Waals surface area contributed by atoms with E-state index in [1.54, 1.807) is 24.0 Å². The fourth-order valence-corrected chi connectivity index (χ4v) is 3.71. The van der Waals surface area contributed by atoms with Crippen molar-refractivity contribution in [3.63, 3.8) is 0 Å². The molecule has 1 aliphatic rings. The van der Waals surface area contributed by atoms with E-state index < -0.39 is 17.6 Å². The maximum atomic E-state index is 14.1. The summed E-state index contributed by atoms with van der Waals surface area (Å²) in [4.78, 5) is 12.2. The third-order valence-corrected chi connectivity index (χ3v) is 5.18. The minimum atomic E-state index is -4.50. The molecule has 10 heteroatoms. The summed E-state index contributed by atoms with van der Waals surface area (Å²) in [5.74, 6) is 0.521. The highest BCUT2D eigenvalue weighted by molar-refractivity contribution is 8.02. The van der Waals surface area contributed by atoms with Gasteiger partial charge in [-0.05, 0) is 53.3 Å². The standard InChI is InChI=1S/C20H15F4N5S/c21-16-10-26-19(28-17-5-4-12(9-25-17)13-6-7-30-11-13)29-18(16)27-15-3-1-2-14(8-15)20(22,23)24/h1-5,8-11H,6-7H2,(H2,25,26,27,28,29). The van der Waals surface area contributed by atoms with E-state index in [2.05, 4.69) is 31.0 Å². The summed E-state index contributed by atoms with van der Waals surface area (Å²) in [6.07, 6.45) is -0.851. The normalized spacial score (nSPS) is 13.8. The van der Waals surface area contributed by atoms with Gasteiger partial charge in [-0.25, -0.2) is 14.4 Å². The molecule has 4 rings (SSSR count). The van der Waals surface area contributed by atoms with E-state index in [1.165, 1.54) is 17.7 Å². The zero-order valence-electron chi connectivity index (χ0n) is 15.4. The van der Waals surface area contributed by atoms with Crippen LogP contribution in [-0.2, 0) is 6.18 Å². The maximum Gasteiger partial charge on any atom is 0.416 e. The van der Waals surface area contributed by atoms with Crippen LogP contribution in [0.1, 0.15) is 17.5 Å². The summed E-state index contributed by atoms with van der Waals surface area (Å²) >= 11 is 1.76. The molecular formula is C20H15F4N5S. The first-order valence-corrected chi connectivity index (χ1v) is 9.94. The second kappa shape index (κ2) is 8.31. The van der Waals surface area contributed by atoms with Crippen LogP contribution in [0.5, 0.6) is 0 Å². The fourth-order valence-electron chi connectivity index (χ4n) is 2.80. The van der Waals surface area contributed by atoms with Gasteiger partial charge in [0.2, 0.25) is 5.95 Å². The second-order valence-corrected chi connectivity index (χ2v) is 7.39. The molecule has 30 heavy (non-hydrogen) atoms. The van der Waals surface area contributed by atoms with Gasteiger partial charge in [0.15, 0.2) is 11.6 Å². The number of thioether (sulfide) groups is 1. The molecule has 3 heterocycles. The molecule has 154 valence electrons. The Balaban J connectivity index is 1.51. The minimum Gasteiger partial charge on any atom is -0.338 e. The summed E-state index contributed by atoms with van der Waals surface area (Å²) < 4.78 is 52.7. The Kier molecular flexibility index (Phi) is 5.58. The number of rotatable bonds is 5.